The van der Waals surface area contributed by atoms with Crippen molar-refractivity contribution in [2.45, 2.75) is 44.8 Å². The summed E-state index contributed by atoms with van der Waals surface area (Å²) in [5.41, 5.74) is 0.746. The van der Waals surface area contributed by atoms with Gasteiger partial charge in [0.2, 0.25) is 11.8 Å². The number of likely N-dealkylation sites (N-methyl/N-ethyl adjacent to an activating group) is 1. The number of nitrogens with zero attached hydrogens (tertiary/aromatic N) is 3. The number of hydrogen-bond acceptors (Lipinski definition) is 5. The van der Waals surface area contributed by atoms with Crippen LogP contribution in [0.15, 0.2) is 24.3 Å². The second-order valence-corrected chi connectivity index (χ2v) is 8.48. The van der Waals surface area contributed by atoms with E-state index in [1.165, 1.54) is 0 Å². The molecule has 2 fully saturated rings. The molecule has 2 unspecified atom stereocenters. The summed E-state index contributed by atoms with van der Waals surface area (Å²) in [6.45, 7) is 8.54. The predicted molar refractivity (Wildman–Crippen MR) is 114 cm³/mol. The molecule has 3 aliphatic rings. The number of hydrogen-bond donors (Lipinski definition) is 2. The van der Waals surface area contributed by atoms with Gasteiger partial charge in [0.1, 0.15) is 11.7 Å². The van der Waals surface area contributed by atoms with Gasteiger partial charge in [-0.1, -0.05) is 19.1 Å². The van der Waals surface area contributed by atoms with Crippen LogP contribution in [-0.4, -0.2) is 83.4 Å². The van der Waals surface area contributed by atoms with Crippen LogP contribution in [-0.2, 0) is 9.59 Å². The van der Waals surface area contributed by atoms with Gasteiger partial charge in [0.25, 0.3) is 5.91 Å². The Hall–Kier alpha value is -2.61. The van der Waals surface area contributed by atoms with Crippen molar-refractivity contribution in [2.75, 3.05) is 44.6 Å². The van der Waals surface area contributed by atoms with Gasteiger partial charge in [0, 0.05) is 51.3 Å². The summed E-state index contributed by atoms with van der Waals surface area (Å²) in [7, 11) is 0. The molecule has 0 saturated carbocycles. The van der Waals surface area contributed by atoms with Gasteiger partial charge < -0.3 is 25.3 Å². The van der Waals surface area contributed by atoms with Crippen LogP contribution in [0.25, 0.3) is 0 Å². The molecule has 162 valence electrons. The van der Waals surface area contributed by atoms with Gasteiger partial charge in [-0.2, -0.15) is 0 Å². The summed E-state index contributed by atoms with van der Waals surface area (Å²) in [6, 6.07) is 6.92. The van der Waals surface area contributed by atoms with Crippen LogP contribution in [0.1, 0.15) is 43.5 Å². The van der Waals surface area contributed by atoms with Crippen LogP contribution in [0.3, 0.4) is 0 Å². The van der Waals surface area contributed by atoms with Crippen LogP contribution in [0.2, 0.25) is 0 Å². The van der Waals surface area contributed by atoms with Crippen LogP contribution in [0.5, 0.6) is 0 Å². The average molecular weight is 414 g/mol. The lowest BCUT2D eigenvalue weighted by atomic mass is 9.95. The summed E-state index contributed by atoms with van der Waals surface area (Å²) in [5, 5.41) is 6.54. The van der Waals surface area contributed by atoms with Gasteiger partial charge in [-0.15, -0.1) is 0 Å². The average Bonchev–Trinajstić information content (AvgIpc) is 2.92. The zero-order chi connectivity index (χ0) is 21.3. The molecule has 2 saturated heterocycles. The minimum absolute atomic E-state index is 0.0148. The highest BCUT2D eigenvalue weighted by Crippen LogP contribution is 2.32. The van der Waals surface area contributed by atoms with Crippen LogP contribution >= 0.6 is 0 Å². The van der Waals surface area contributed by atoms with Crippen LogP contribution < -0.4 is 10.6 Å². The highest BCUT2D eigenvalue weighted by atomic mass is 16.2. The molecule has 3 amide bonds. The van der Waals surface area contributed by atoms with Crippen molar-refractivity contribution in [3.05, 3.63) is 29.8 Å². The van der Waals surface area contributed by atoms with Gasteiger partial charge in [0.15, 0.2) is 0 Å². The maximum atomic E-state index is 13.1. The zero-order valence-electron chi connectivity index (χ0n) is 17.8. The van der Waals surface area contributed by atoms with Gasteiger partial charge in [-0.05, 0) is 32.0 Å². The summed E-state index contributed by atoms with van der Waals surface area (Å²) in [4.78, 5) is 44.5. The SMILES string of the molecule is CCN1CCN(C(=O)C(C)N2CCC3(CCC2=O)NC(=O)c2ccccc2N3)CC1. The molecule has 4 rings (SSSR count). The van der Waals surface area contributed by atoms with Crippen molar-refractivity contribution in [1.29, 1.82) is 0 Å². The van der Waals surface area contributed by atoms with E-state index in [-0.39, 0.29) is 24.1 Å². The third kappa shape index (κ3) is 3.88. The smallest absolute Gasteiger partial charge is 0.255 e. The molecular formula is C22H31N5O3. The fourth-order valence-electron chi connectivity index (χ4n) is 4.73. The number of carbonyl (C=O) groups is 3. The topological polar surface area (TPSA) is 85.0 Å². The molecule has 3 aliphatic heterocycles. The minimum atomic E-state index is -0.661. The Morgan fingerprint density at radius 2 is 1.80 bits per heavy atom. The first-order valence-electron chi connectivity index (χ1n) is 10.9. The normalized spacial score (nSPS) is 25.9. The summed E-state index contributed by atoms with van der Waals surface area (Å²) in [6.07, 6.45) is 1.34. The molecule has 8 nitrogen and oxygen atoms in total. The first kappa shape index (κ1) is 20.7. The Labute approximate surface area is 177 Å². The van der Waals surface area contributed by atoms with Crippen LogP contribution in [0, 0.1) is 0 Å². The first-order valence-corrected chi connectivity index (χ1v) is 10.9. The highest BCUT2D eigenvalue weighted by Gasteiger charge is 2.42. The summed E-state index contributed by atoms with van der Waals surface area (Å²) >= 11 is 0. The Morgan fingerprint density at radius 1 is 1.07 bits per heavy atom. The van der Waals surface area contributed by atoms with Gasteiger partial charge >= 0.3 is 0 Å². The molecule has 1 aromatic rings. The lowest BCUT2D eigenvalue weighted by Crippen LogP contribution is -2.58. The number of rotatable bonds is 3. The Balaban J connectivity index is 1.44. The number of fused-ring (bicyclic) bond motifs is 1. The molecule has 2 N–H and O–H groups in total. The lowest BCUT2D eigenvalue weighted by molar-refractivity contribution is -0.145. The molecule has 30 heavy (non-hydrogen) atoms. The monoisotopic (exact) mass is 413 g/mol. The fourth-order valence-corrected chi connectivity index (χ4v) is 4.73. The van der Waals surface area contributed by atoms with Crippen molar-refractivity contribution in [3.8, 4) is 0 Å². The Bertz CT molecular complexity index is 836. The van der Waals surface area contributed by atoms with E-state index in [0.29, 0.717) is 38.0 Å². The van der Waals surface area contributed by atoms with E-state index in [2.05, 4.69) is 22.5 Å². The second kappa shape index (κ2) is 8.26. The first-order chi connectivity index (χ1) is 14.4. The molecule has 0 aromatic heterocycles. The molecule has 2 atom stereocenters. The van der Waals surface area contributed by atoms with Gasteiger partial charge in [-0.3, -0.25) is 14.4 Å². The van der Waals surface area contributed by atoms with Crippen molar-refractivity contribution in [1.82, 2.24) is 20.0 Å². The Morgan fingerprint density at radius 3 is 2.53 bits per heavy atom. The van der Waals surface area contributed by atoms with Crippen molar-refractivity contribution >= 4 is 23.4 Å². The molecule has 0 radical (unpaired) electrons. The number of likely N-dealkylation sites (tertiary alicyclic amines) is 1. The van der Waals surface area contributed by atoms with E-state index in [4.69, 9.17) is 0 Å². The standard InChI is InChI=1S/C22H31N5O3/c1-3-25-12-14-26(15-13-25)21(30)16(2)27-11-10-22(9-8-19(27)28)23-18-7-5-4-6-17(18)20(29)24-22/h4-7,16,23H,3,8-15H2,1-2H3,(H,24,29). The molecule has 3 heterocycles. The third-order valence-electron chi connectivity index (χ3n) is 6.72. The number of amides is 3. The number of para-hydroxylation sites is 1. The second-order valence-electron chi connectivity index (χ2n) is 8.48. The Kier molecular flexibility index (Phi) is 5.69. The maximum absolute atomic E-state index is 13.1. The predicted octanol–water partition coefficient (Wildman–Crippen LogP) is 1.10. The molecule has 0 aliphatic carbocycles. The van der Waals surface area contributed by atoms with E-state index in [1.807, 2.05) is 30.0 Å². The van der Waals surface area contributed by atoms with Crippen molar-refractivity contribution in [3.63, 3.8) is 0 Å². The molecule has 1 aromatic carbocycles. The number of benzene rings is 1. The van der Waals surface area contributed by atoms with Gasteiger partial charge in [-0.25, -0.2) is 0 Å². The van der Waals surface area contributed by atoms with Crippen molar-refractivity contribution in [2.24, 2.45) is 0 Å². The molecule has 0 bridgehead atoms. The lowest BCUT2D eigenvalue weighted by Gasteiger charge is -2.40. The number of anilines is 1. The third-order valence-corrected chi connectivity index (χ3v) is 6.72. The van der Waals surface area contributed by atoms with E-state index in [0.717, 1.165) is 25.3 Å². The summed E-state index contributed by atoms with van der Waals surface area (Å²) < 4.78 is 0. The molecular weight excluding hydrogens is 382 g/mol. The van der Waals surface area contributed by atoms with Gasteiger partial charge in [0.05, 0.1) is 5.56 Å². The van der Waals surface area contributed by atoms with E-state index >= 15 is 0 Å². The zero-order valence-corrected chi connectivity index (χ0v) is 17.8. The quantitative estimate of drug-likeness (QED) is 0.775. The van der Waals surface area contributed by atoms with E-state index < -0.39 is 11.7 Å². The fraction of sp³-hybridized carbons (Fsp3) is 0.591. The molecule has 8 heteroatoms. The highest BCUT2D eigenvalue weighted by molar-refractivity contribution is 6.02. The van der Waals surface area contributed by atoms with Crippen molar-refractivity contribution < 1.29 is 14.4 Å². The number of nitrogens with one attached hydrogen (secondary N) is 2. The molecule has 1 spiro atoms. The summed E-state index contributed by atoms with van der Waals surface area (Å²) in [5.74, 6) is -0.140. The largest absolute Gasteiger partial charge is 0.362 e. The van der Waals surface area contributed by atoms with Crippen LogP contribution in [0.4, 0.5) is 5.69 Å². The minimum Gasteiger partial charge on any atom is -0.362 e. The maximum Gasteiger partial charge on any atom is 0.255 e. The number of carbonyl (C=O) groups excluding carboxylic acids is 3. The number of piperazine rings is 1. The van der Waals surface area contributed by atoms with E-state index in [9.17, 15) is 14.4 Å². The van der Waals surface area contributed by atoms with E-state index in [1.54, 1.807) is 11.0 Å².